The number of aromatic hydroxyl groups is 1. The van der Waals surface area contributed by atoms with Gasteiger partial charge in [0.2, 0.25) is 5.78 Å². The number of Topliss-reactive ketones (excluding diaryl/α,β-unsaturated/α-hetero) is 2. The molecular formula is C27H32FN3O7. The van der Waals surface area contributed by atoms with Gasteiger partial charge in [0.25, 0.3) is 5.91 Å². The molecule has 1 aromatic rings. The normalized spacial score (nSPS) is 29.4. The molecule has 5 rings (SSSR count). The Balaban J connectivity index is 1.62. The van der Waals surface area contributed by atoms with E-state index in [1.807, 2.05) is 11.9 Å². The molecule has 0 bridgehead atoms. The van der Waals surface area contributed by atoms with Crippen LogP contribution >= 0.6 is 0 Å². The van der Waals surface area contributed by atoms with E-state index in [4.69, 9.17) is 5.73 Å². The highest BCUT2D eigenvalue weighted by atomic mass is 19.1. The number of aliphatic hydroxyl groups excluding tert-OH is 2. The van der Waals surface area contributed by atoms with Crippen molar-refractivity contribution in [3.8, 4) is 5.75 Å². The molecule has 10 nitrogen and oxygen atoms in total. The van der Waals surface area contributed by atoms with Crippen molar-refractivity contribution in [3.63, 3.8) is 0 Å². The van der Waals surface area contributed by atoms with Crippen LogP contribution in [0.2, 0.25) is 0 Å². The van der Waals surface area contributed by atoms with Gasteiger partial charge in [-0.15, -0.1) is 0 Å². The molecular weight excluding hydrogens is 497 g/mol. The quantitative estimate of drug-likeness (QED) is 0.353. The van der Waals surface area contributed by atoms with E-state index in [2.05, 4.69) is 0 Å². The molecule has 0 heterocycles. The van der Waals surface area contributed by atoms with Crippen LogP contribution in [0, 0.1) is 17.7 Å². The number of carbonyl (C=O) groups is 3. The van der Waals surface area contributed by atoms with E-state index in [0.717, 1.165) is 19.3 Å². The third-order valence-corrected chi connectivity index (χ3v) is 8.85. The first-order chi connectivity index (χ1) is 17.8. The molecule has 4 aliphatic rings. The number of ketones is 2. The molecule has 1 fully saturated rings. The van der Waals surface area contributed by atoms with E-state index < -0.39 is 69.6 Å². The summed E-state index contributed by atoms with van der Waals surface area (Å²) >= 11 is 0. The number of aliphatic hydroxyl groups is 3. The molecule has 6 N–H and O–H groups in total. The van der Waals surface area contributed by atoms with Crippen LogP contribution < -0.4 is 5.73 Å². The fourth-order valence-corrected chi connectivity index (χ4v) is 6.69. The van der Waals surface area contributed by atoms with Crippen LogP contribution in [0.15, 0.2) is 28.7 Å². The smallest absolute Gasteiger partial charge is 0.255 e. The summed E-state index contributed by atoms with van der Waals surface area (Å²) in [5.41, 5.74) is 1.37. The molecule has 0 aromatic heterocycles. The van der Waals surface area contributed by atoms with Crippen LogP contribution in [-0.2, 0) is 22.6 Å². The number of fused-ring (bicyclic) bond motifs is 3. The van der Waals surface area contributed by atoms with Gasteiger partial charge in [-0.05, 0) is 58.8 Å². The maximum Gasteiger partial charge on any atom is 0.255 e. The first-order valence-electron chi connectivity index (χ1n) is 12.7. The van der Waals surface area contributed by atoms with Crippen LogP contribution in [0.5, 0.6) is 5.75 Å². The fourth-order valence-electron chi connectivity index (χ4n) is 6.69. The highest BCUT2D eigenvalue weighted by Crippen LogP contribution is 2.52. The first kappa shape index (κ1) is 26.3. The highest BCUT2D eigenvalue weighted by molar-refractivity contribution is 6.24. The van der Waals surface area contributed by atoms with Crippen molar-refractivity contribution in [1.29, 1.82) is 0 Å². The minimum atomic E-state index is -2.72. The van der Waals surface area contributed by atoms with E-state index in [9.17, 15) is 34.8 Å². The number of benzene rings is 1. The maximum absolute atomic E-state index is 15.8. The average molecular weight is 530 g/mol. The maximum atomic E-state index is 15.8. The molecule has 38 heavy (non-hydrogen) atoms. The van der Waals surface area contributed by atoms with E-state index in [1.54, 1.807) is 14.1 Å². The Kier molecular flexibility index (Phi) is 6.16. The molecule has 0 spiro atoms. The molecule has 1 aromatic carbocycles. The van der Waals surface area contributed by atoms with E-state index in [0.29, 0.717) is 6.04 Å². The Morgan fingerprint density at radius 1 is 1.18 bits per heavy atom. The predicted octanol–water partition coefficient (Wildman–Crippen LogP) is 1.24. The van der Waals surface area contributed by atoms with Crippen LogP contribution in [0.25, 0.3) is 0 Å². The number of phenolic OH excluding ortho intramolecular Hbond substituents is 1. The Labute approximate surface area is 218 Å². The zero-order valence-electron chi connectivity index (χ0n) is 21.5. The molecule has 1 saturated carbocycles. The molecule has 0 radical (unpaired) electrons. The van der Waals surface area contributed by atoms with Crippen LogP contribution in [0.3, 0.4) is 0 Å². The number of amides is 1. The van der Waals surface area contributed by atoms with Gasteiger partial charge in [-0.1, -0.05) is 6.42 Å². The van der Waals surface area contributed by atoms with E-state index >= 15 is 4.39 Å². The summed E-state index contributed by atoms with van der Waals surface area (Å²) < 4.78 is 15.8. The summed E-state index contributed by atoms with van der Waals surface area (Å²) in [6, 6.07) is 0.440. The standard InChI is InChI=1S/C27H32FN3O7/c1-30(2)21-15-8-11-7-14-18(16(32)9-12(20(14)28)10-31(3)13-5-4-6-13)22(33)17(11)24(35)27(15,38)25(36)19(23(21)34)26(29)37/h9,11,13,15,21,32,34-35,38H,4-8,10H2,1-3H3,(H2,29,37)/t11-,15-,21-,27-/m0/s1. The minimum Gasteiger partial charge on any atom is -0.510 e. The Hall–Kier alpha value is -3.28. The second-order valence-corrected chi connectivity index (χ2v) is 11.2. The number of hydrogen-bond acceptors (Lipinski definition) is 9. The molecule has 0 saturated heterocycles. The number of likely N-dealkylation sites (N-methyl/N-ethyl adjacent to an activating group) is 1. The third-order valence-electron chi connectivity index (χ3n) is 8.85. The minimum absolute atomic E-state index is 0.0140. The summed E-state index contributed by atoms with van der Waals surface area (Å²) in [5.74, 6) is -8.13. The fraction of sp³-hybridized carbons (Fsp3) is 0.519. The monoisotopic (exact) mass is 529 g/mol. The van der Waals surface area contributed by atoms with Gasteiger partial charge in [-0.3, -0.25) is 24.2 Å². The highest BCUT2D eigenvalue weighted by Gasteiger charge is 2.63. The molecule has 204 valence electrons. The summed E-state index contributed by atoms with van der Waals surface area (Å²) in [7, 11) is 4.99. The summed E-state index contributed by atoms with van der Waals surface area (Å²) in [6.07, 6.45) is 2.97. The summed E-state index contributed by atoms with van der Waals surface area (Å²) in [4.78, 5) is 42.4. The third kappa shape index (κ3) is 3.52. The average Bonchev–Trinajstić information content (AvgIpc) is 2.77. The molecule has 0 aliphatic heterocycles. The Morgan fingerprint density at radius 3 is 2.39 bits per heavy atom. The predicted molar refractivity (Wildman–Crippen MR) is 133 cm³/mol. The number of carbonyl (C=O) groups excluding carboxylic acids is 3. The summed E-state index contributed by atoms with van der Waals surface area (Å²) in [5, 5.41) is 44.5. The molecule has 4 atom stereocenters. The number of rotatable bonds is 5. The zero-order valence-corrected chi connectivity index (χ0v) is 21.5. The number of hydrogen-bond donors (Lipinski definition) is 5. The molecule has 1 amide bonds. The van der Waals surface area contributed by atoms with Crippen molar-refractivity contribution < 1.29 is 39.2 Å². The second kappa shape index (κ2) is 8.89. The second-order valence-electron chi connectivity index (χ2n) is 11.2. The van der Waals surface area contributed by atoms with E-state index in [-0.39, 0.29) is 41.6 Å². The lowest BCUT2D eigenvalue weighted by Gasteiger charge is -2.50. The molecule has 4 aliphatic carbocycles. The van der Waals surface area contributed by atoms with Gasteiger partial charge in [0, 0.05) is 35.2 Å². The topological polar surface area (TPSA) is 165 Å². The van der Waals surface area contributed by atoms with Crippen molar-refractivity contribution in [2.45, 2.75) is 56.3 Å². The van der Waals surface area contributed by atoms with Crippen molar-refractivity contribution >= 4 is 17.5 Å². The zero-order chi connectivity index (χ0) is 27.8. The summed E-state index contributed by atoms with van der Waals surface area (Å²) in [6.45, 7) is 0.248. The first-order valence-corrected chi connectivity index (χ1v) is 12.7. The van der Waals surface area contributed by atoms with Crippen LogP contribution in [0.1, 0.15) is 47.2 Å². The lowest BCUT2D eigenvalue weighted by Crippen LogP contribution is -2.63. The lowest BCUT2D eigenvalue weighted by atomic mass is 9.58. The Morgan fingerprint density at radius 2 is 1.84 bits per heavy atom. The largest absolute Gasteiger partial charge is 0.510 e. The number of phenols is 1. The Bertz CT molecular complexity index is 1330. The van der Waals surface area contributed by atoms with Gasteiger partial charge in [-0.25, -0.2) is 4.39 Å². The number of halogens is 1. The number of primary amides is 1. The molecule has 11 heteroatoms. The van der Waals surface area contributed by atoms with Crippen LogP contribution in [0.4, 0.5) is 4.39 Å². The van der Waals surface area contributed by atoms with Gasteiger partial charge in [0.1, 0.15) is 28.7 Å². The van der Waals surface area contributed by atoms with Gasteiger partial charge in [0.15, 0.2) is 11.4 Å². The number of nitrogens with two attached hydrogens (primary N) is 1. The van der Waals surface area contributed by atoms with Gasteiger partial charge >= 0.3 is 0 Å². The number of allylic oxidation sites excluding steroid dienone is 1. The van der Waals surface area contributed by atoms with Crippen molar-refractivity contribution in [1.82, 2.24) is 9.80 Å². The van der Waals surface area contributed by atoms with Crippen molar-refractivity contribution in [3.05, 3.63) is 51.2 Å². The van der Waals surface area contributed by atoms with Crippen LogP contribution in [-0.4, -0.2) is 86.5 Å². The number of nitrogens with zero attached hydrogens (tertiary/aromatic N) is 2. The van der Waals surface area contributed by atoms with E-state index in [1.165, 1.54) is 11.0 Å². The molecule has 0 unspecified atom stereocenters. The SMILES string of the molecule is CN(Cc1cc(O)c2c(c1F)C[C@H]1C[C@H]3[C@H](N(C)C)C(O)=C(C(N)=O)C(=O)[C@@]3(O)C(O)=C1C2=O)C1CCC1. The van der Waals surface area contributed by atoms with Gasteiger partial charge < -0.3 is 26.2 Å². The van der Waals surface area contributed by atoms with Crippen molar-refractivity contribution in [2.24, 2.45) is 17.6 Å². The van der Waals surface area contributed by atoms with Gasteiger partial charge in [-0.2, -0.15) is 0 Å². The van der Waals surface area contributed by atoms with Crippen molar-refractivity contribution in [2.75, 3.05) is 21.1 Å². The lowest BCUT2D eigenvalue weighted by molar-refractivity contribution is -0.148. The van der Waals surface area contributed by atoms with Gasteiger partial charge in [0.05, 0.1) is 11.6 Å².